The van der Waals surface area contributed by atoms with E-state index >= 15 is 0 Å². The van der Waals surface area contributed by atoms with Crippen molar-refractivity contribution >= 4 is 5.91 Å². The normalized spacial score (nSPS) is 19.3. The van der Waals surface area contributed by atoms with E-state index in [0.717, 1.165) is 19.3 Å². The SMILES string of the molecule is CCC1(CC)CCN(C(=O)CNCC(F)(F)F)C1. The Balaban J connectivity index is 2.36. The third-order valence-electron chi connectivity index (χ3n) is 3.89. The zero-order chi connectivity index (χ0) is 13.8. The van der Waals surface area contributed by atoms with Gasteiger partial charge in [-0.25, -0.2) is 0 Å². The number of rotatable bonds is 5. The molecule has 106 valence electrons. The summed E-state index contributed by atoms with van der Waals surface area (Å²) in [6.45, 7) is 4.18. The second-order valence-electron chi connectivity index (χ2n) is 4.99. The van der Waals surface area contributed by atoms with Gasteiger partial charge in [-0.05, 0) is 24.7 Å². The van der Waals surface area contributed by atoms with Crippen LogP contribution in [0.5, 0.6) is 0 Å². The van der Waals surface area contributed by atoms with Crippen LogP contribution in [0.2, 0.25) is 0 Å². The summed E-state index contributed by atoms with van der Waals surface area (Å²) in [5, 5.41) is 2.15. The zero-order valence-corrected chi connectivity index (χ0v) is 10.9. The van der Waals surface area contributed by atoms with Crippen LogP contribution < -0.4 is 5.32 Å². The van der Waals surface area contributed by atoms with Gasteiger partial charge in [0.2, 0.25) is 5.91 Å². The molecule has 0 radical (unpaired) electrons. The molecule has 0 spiro atoms. The van der Waals surface area contributed by atoms with Crippen molar-refractivity contribution in [3.63, 3.8) is 0 Å². The molecule has 1 aliphatic rings. The summed E-state index contributed by atoms with van der Waals surface area (Å²) in [6.07, 6.45) is -1.31. The van der Waals surface area contributed by atoms with Crippen molar-refractivity contribution in [3.05, 3.63) is 0 Å². The van der Waals surface area contributed by atoms with Crippen molar-refractivity contribution in [1.29, 1.82) is 0 Å². The molecule has 3 nitrogen and oxygen atoms in total. The standard InChI is InChI=1S/C12H21F3N2O/c1-3-11(4-2)5-6-17(9-11)10(18)7-16-8-12(13,14)15/h16H,3-9H2,1-2H3. The average molecular weight is 266 g/mol. The van der Waals surface area contributed by atoms with Gasteiger partial charge in [0.15, 0.2) is 0 Å². The lowest BCUT2D eigenvalue weighted by atomic mass is 9.82. The molecule has 1 heterocycles. The quantitative estimate of drug-likeness (QED) is 0.827. The van der Waals surface area contributed by atoms with Gasteiger partial charge in [0.1, 0.15) is 0 Å². The van der Waals surface area contributed by atoms with E-state index in [-0.39, 0.29) is 17.9 Å². The third kappa shape index (κ3) is 4.15. The van der Waals surface area contributed by atoms with Crippen LogP contribution in [0.1, 0.15) is 33.1 Å². The molecule has 0 unspecified atom stereocenters. The lowest BCUT2D eigenvalue weighted by Crippen LogP contribution is -2.40. The molecule has 0 aliphatic carbocycles. The highest BCUT2D eigenvalue weighted by Gasteiger charge is 2.37. The first kappa shape index (κ1) is 15.3. The van der Waals surface area contributed by atoms with Gasteiger partial charge in [0.05, 0.1) is 13.1 Å². The lowest BCUT2D eigenvalue weighted by molar-refractivity contribution is -0.133. The first-order chi connectivity index (χ1) is 8.32. The van der Waals surface area contributed by atoms with E-state index in [1.54, 1.807) is 4.90 Å². The molecule has 0 aromatic carbocycles. The molecule has 1 fully saturated rings. The first-order valence-corrected chi connectivity index (χ1v) is 6.37. The second-order valence-corrected chi connectivity index (χ2v) is 4.99. The maximum atomic E-state index is 11.9. The Kier molecular flexibility index (Phi) is 5.01. The second kappa shape index (κ2) is 5.91. The van der Waals surface area contributed by atoms with Crippen molar-refractivity contribution in [2.45, 2.75) is 39.3 Å². The molecule has 0 aromatic rings. The number of hydrogen-bond donors (Lipinski definition) is 1. The van der Waals surface area contributed by atoms with E-state index < -0.39 is 12.7 Å². The van der Waals surface area contributed by atoms with Gasteiger partial charge in [0.25, 0.3) is 0 Å². The first-order valence-electron chi connectivity index (χ1n) is 6.37. The Morgan fingerprint density at radius 2 is 1.94 bits per heavy atom. The number of nitrogens with one attached hydrogen (secondary N) is 1. The highest BCUT2D eigenvalue weighted by molar-refractivity contribution is 5.78. The van der Waals surface area contributed by atoms with E-state index in [1.807, 2.05) is 0 Å². The summed E-state index contributed by atoms with van der Waals surface area (Å²) >= 11 is 0. The molecule has 6 heteroatoms. The van der Waals surface area contributed by atoms with Gasteiger partial charge < -0.3 is 10.2 Å². The topological polar surface area (TPSA) is 32.3 Å². The highest BCUT2D eigenvalue weighted by Crippen LogP contribution is 2.36. The smallest absolute Gasteiger partial charge is 0.341 e. The number of carbonyl (C=O) groups is 1. The number of likely N-dealkylation sites (tertiary alicyclic amines) is 1. The molecule has 1 amide bonds. The fourth-order valence-electron chi connectivity index (χ4n) is 2.40. The summed E-state index contributed by atoms with van der Waals surface area (Å²) in [7, 11) is 0. The van der Waals surface area contributed by atoms with Crippen LogP contribution in [0, 0.1) is 5.41 Å². The average Bonchev–Trinajstić information content (AvgIpc) is 2.72. The van der Waals surface area contributed by atoms with Crippen molar-refractivity contribution in [1.82, 2.24) is 10.2 Å². The van der Waals surface area contributed by atoms with Crippen LogP contribution in [-0.2, 0) is 4.79 Å². The van der Waals surface area contributed by atoms with Crippen molar-refractivity contribution in [3.8, 4) is 0 Å². The van der Waals surface area contributed by atoms with Crippen molar-refractivity contribution < 1.29 is 18.0 Å². The van der Waals surface area contributed by atoms with Gasteiger partial charge >= 0.3 is 6.18 Å². The van der Waals surface area contributed by atoms with E-state index in [1.165, 1.54) is 0 Å². The van der Waals surface area contributed by atoms with Gasteiger partial charge in [-0.15, -0.1) is 0 Å². The van der Waals surface area contributed by atoms with Gasteiger partial charge in [-0.2, -0.15) is 13.2 Å². The zero-order valence-electron chi connectivity index (χ0n) is 10.9. The molecular formula is C12H21F3N2O. The predicted molar refractivity (Wildman–Crippen MR) is 63.1 cm³/mol. The molecule has 1 saturated heterocycles. The highest BCUT2D eigenvalue weighted by atomic mass is 19.4. The number of hydrogen-bond acceptors (Lipinski definition) is 2. The monoisotopic (exact) mass is 266 g/mol. The number of halogens is 3. The molecule has 1 rings (SSSR count). The van der Waals surface area contributed by atoms with E-state index in [0.29, 0.717) is 13.1 Å². The summed E-state index contributed by atoms with van der Waals surface area (Å²) < 4.78 is 35.8. The molecule has 0 bridgehead atoms. The number of amides is 1. The Hall–Kier alpha value is -0.780. The van der Waals surface area contributed by atoms with E-state index in [4.69, 9.17) is 0 Å². The molecule has 0 aromatic heterocycles. The van der Waals surface area contributed by atoms with Crippen molar-refractivity contribution in [2.75, 3.05) is 26.2 Å². The van der Waals surface area contributed by atoms with Gasteiger partial charge in [-0.3, -0.25) is 4.79 Å². The molecule has 0 saturated carbocycles. The molecule has 18 heavy (non-hydrogen) atoms. The minimum atomic E-state index is -4.26. The Bertz CT molecular complexity index is 288. The molecule has 0 atom stereocenters. The van der Waals surface area contributed by atoms with Gasteiger partial charge in [0, 0.05) is 13.1 Å². The van der Waals surface area contributed by atoms with Crippen LogP contribution in [0.3, 0.4) is 0 Å². The van der Waals surface area contributed by atoms with E-state index in [9.17, 15) is 18.0 Å². The molecular weight excluding hydrogens is 245 g/mol. The lowest BCUT2D eigenvalue weighted by Gasteiger charge is -2.26. The fraction of sp³-hybridized carbons (Fsp3) is 0.917. The number of alkyl halides is 3. The fourth-order valence-corrected chi connectivity index (χ4v) is 2.40. The summed E-state index contributed by atoms with van der Waals surface area (Å²) in [5.41, 5.74) is 0.166. The largest absolute Gasteiger partial charge is 0.401 e. The number of carbonyl (C=O) groups excluding carboxylic acids is 1. The Morgan fingerprint density at radius 1 is 1.33 bits per heavy atom. The minimum Gasteiger partial charge on any atom is -0.341 e. The van der Waals surface area contributed by atoms with Crippen LogP contribution in [0.25, 0.3) is 0 Å². The third-order valence-corrected chi connectivity index (χ3v) is 3.89. The maximum Gasteiger partial charge on any atom is 0.401 e. The molecule has 1 N–H and O–H groups in total. The summed E-state index contributed by atoms with van der Waals surface area (Å²) in [5.74, 6) is -0.233. The van der Waals surface area contributed by atoms with Crippen LogP contribution in [-0.4, -0.2) is 43.2 Å². The Labute approximate surface area is 106 Å². The molecule has 1 aliphatic heterocycles. The minimum absolute atomic E-state index is 0.166. The van der Waals surface area contributed by atoms with Gasteiger partial charge in [-0.1, -0.05) is 13.8 Å². The van der Waals surface area contributed by atoms with Crippen LogP contribution in [0.15, 0.2) is 0 Å². The maximum absolute atomic E-state index is 11.9. The van der Waals surface area contributed by atoms with Crippen LogP contribution in [0.4, 0.5) is 13.2 Å². The van der Waals surface area contributed by atoms with Crippen molar-refractivity contribution in [2.24, 2.45) is 5.41 Å². The summed E-state index contributed by atoms with van der Waals surface area (Å²) in [4.78, 5) is 13.4. The van der Waals surface area contributed by atoms with Crippen LogP contribution >= 0.6 is 0 Å². The predicted octanol–water partition coefficient (Wildman–Crippen LogP) is 2.18. The number of nitrogens with zero attached hydrogens (tertiary/aromatic N) is 1. The van der Waals surface area contributed by atoms with E-state index in [2.05, 4.69) is 19.2 Å². The Morgan fingerprint density at radius 3 is 2.39 bits per heavy atom. The summed E-state index contributed by atoms with van der Waals surface area (Å²) in [6, 6.07) is 0.